The zero-order valence-corrected chi connectivity index (χ0v) is 19.6. The van der Waals surface area contributed by atoms with Crippen molar-refractivity contribution in [2.24, 2.45) is 0 Å². The van der Waals surface area contributed by atoms with Gasteiger partial charge in [-0.15, -0.1) is 0 Å². The summed E-state index contributed by atoms with van der Waals surface area (Å²) in [7, 11) is -3.22. The molecule has 1 aliphatic rings. The zero-order valence-electron chi connectivity index (χ0n) is 18.0. The van der Waals surface area contributed by atoms with E-state index >= 15 is 0 Å². The molecule has 2 aromatic rings. The summed E-state index contributed by atoms with van der Waals surface area (Å²) in [6, 6.07) is 9.85. The van der Waals surface area contributed by atoms with Crippen LogP contribution in [0.4, 0.5) is 5.82 Å². The Kier molecular flexibility index (Phi) is 7.87. The van der Waals surface area contributed by atoms with Crippen molar-refractivity contribution in [1.29, 1.82) is 5.26 Å². The number of aryl methyl sites for hydroxylation is 1. The highest BCUT2D eigenvalue weighted by atomic mass is 35.5. The number of hydrogen-bond donors (Lipinski definition) is 0. The van der Waals surface area contributed by atoms with Crippen LogP contribution < -0.4 is 4.90 Å². The first-order chi connectivity index (χ1) is 14.9. The Hall–Kier alpha value is -2.21. The van der Waals surface area contributed by atoms with Gasteiger partial charge in [-0.05, 0) is 30.5 Å². The summed E-state index contributed by atoms with van der Waals surface area (Å²) in [6.45, 7) is 5.88. The summed E-state index contributed by atoms with van der Waals surface area (Å²) in [5.41, 5.74) is 2.98. The van der Waals surface area contributed by atoms with Crippen molar-refractivity contribution in [3.05, 3.63) is 51.9 Å². The lowest BCUT2D eigenvalue weighted by Crippen LogP contribution is -2.49. The van der Waals surface area contributed by atoms with Crippen molar-refractivity contribution in [3.8, 4) is 6.07 Å². The van der Waals surface area contributed by atoms with Crippen LogP contribution in [0.3, 0.4) is 0 Å². The quantitative estimate of drug-likeness (QED) is 0.599. The smallest absolute Gasteiger partial charge is 0.214 e. The summed E-state index contributed by atoms with van der Waals surface area (Å²) in [5, 5.41) is 9.84. The number of rotatable bonds is 8. The van der Waals surface area contributed by atoms with Crippen LogP contribution in [0.15, 0.2) is 24.3 Å². The average Bonchev–Trinajstić information content (AvgIpc) is 2.75. The second-order valence-corrected chi connectivity index (χ2v) is 10.1. The second-order valence-electron chi connectivity index (χ2n) is 7.59. The van der Waals surface area contributed by atoms with Crippen LogP contribution in [0, 0.1) is 11.3 Å². The number of benzene rings is 1. The molecule has 1 aromatic heterocycles. The van der Waals surface area contributed by atoms with Gasteiger partial charge in [-0.1, -0.05) is 37.6 Å². The predicted molar refractivity (Wildman–Crippen MR) is 123 cm³/mol. The number of nitriles is 1. The monoisotopic (exact) mass is 461 g/mol. The molecule has 7 nitrogen and oxygen atoms in total. The summed E-state index contributed by atoms with van der Waals surface area (Å²) < 4.78 is 26.5. The van der Waals surface area contributed by atoms with Gasteiger partial charge in [0.25, 0.3) is 0 Å². The lowest BCUT2D eigenvalue weighted by Gasteiger charge is -2.36. The molecule has 0 unspecified atom stereocenters. The summed E-state index contributed by atoms with van der Waals surface area (Å²) >= 11 is 6.18. The molecule has 0 amide bonds. The lowest BCUT2D eigenvalue weighted by atomic mass is 10.0. The molecule has 1 fully saturated rings. The zero-order chi connectivity index (χ0) is 22.4. The van der Waals surface area contributed by atoms with Crippen molar-refractivity contribution in [2.45, 2.75) is 39.5 Å². The van der Waals surface area contributed by atoms with Crippen LogP contribution >= 0.6 is 11.6 Å². The average molecular weight is 462 g/mol. The third kappa shape index (κ3) is 5.73. The number of halogens is 1. The van der Waals surface area contributed by atoms with E-state index in [1.54, 1.807) is 4.31 Å². The molecule has 3 rings (SSSR count). The maximum Gasteiger partial charge on any atom is 0.214 e. The number of sulfonamides is 1. The number of aromatic nitrogens is 2. The van der Waals surface area contributed by atoms with Gasteiger partial charge >= 0.3 is 0 Å². The third-order valence-corrected chi connectivity index (χ3v) is 7.66. The van der Waals surface area contributed by atoms with Crippen molar-refractivity contribution in [1.82, 2.24) is 14.3 Å². The normalized spacial score (nSPS) is 15.1. The maximum absolute atomic E-state index is 12.4. The summed E-state index contributed by atoms with van der Waals surface area (Å²) in [6.07, 6.45) is 2.09. The molecule has 9 heteroatoms. The maximum atomic E-state index is 12.4. The topological polar surface area (TPSA) is 90.2 Å². The highest BCUT2D eigenvalue weighted by Crippen LogP contribution is 2.27. The minimum atomic E-state index is -3.22. The SMILES string of the molecule is CCCS(=O)(=O)N1CCN(c2nc(CC#N)nc(CC)c2Cc2cccc(Cl)c2)CC1. The molecule has 0 atom stereocenters. The molecule has 2 heterocycles. The largest absolute Gasteiger partial charge is 0.354 e. The number of piperazine rings is 1. The van der Waals surface area contributed by atoms with Gasteiger partial charge in [-0.25, -0.2) is 18.4 Å². The molecule has 31 heavy (non-hydrogen) atoms. The van der Waals surface area contributed by atoms with E-state index in [2.05, 4.69) is 16.0 Å². The molecule has 1 aliphatic heterocycles. The van der Waals surface area contributed by atoms with Gasteiger partial charge in [0, 0.05) is 48.9 Å². The van der Waals surface area contributed by atoms with Gasteiger partial charge in [0.1, 0.15) is 11.6 Å². The van der Waals surface area contributed by atoms with E-state index in [4.69, 9.17) is 21.8 Å². The van der Waals surface area contributed by atoms with Crippen molar-refractivity contribution >= 4 is 27.4 Å². The number of hydrogen-bond acceptors (Lipinski definition) is 6. The van der Waals surface area contributed by atoms with Crippen molar-refractivity contribution in [3.63, 3.8) is 0 Å². The first kappa shape index (κ1) is 23.5. The van der Waals surface area contributed by atoms with E-state index < -0.39 is 10.0 Å². The first-order valence-corrected chi connectivity index (χ1v) is 12.6. The minimum Gasteiger partial charge on any atom is -0.354 e. The van der Waals surface area contributed by atoms with Crippen LogP contribution in [-0.2, 0) is 29.3 Å². The van der Waals surface area contributed by atoms with Gasteiger partial charge < -0.3 is 4.90 Å². The molecule has 1 aromatic carbocycles. The Morgan fingerprint density at radius 1 is 1.16 bits per heavy atom. The Labute approximate surface area is 189 Å². The number of nitrogens with zero attached hydrogens (tertiary/aromatic N) is 5. The van der Waals surface area contributed by atoms with E-state index in [0.29, 0.717) is 56.3 Å². The Balaban J connectivity index is 1.94. The molecule has 166 valence electrons. The van der Waals surface area contributed by atoms with Crippen molar-refractivity contribution < 1.29 is 8.42 Å². The van der Waals surface area contributed by atoms with Gasteiger partial charge in [0.15, 0.2) is 0 Å². The van der Waals surface area contributed by atoms with Crippen LogP contribution in [0.1, 0.15) is 42.9 Å². The van der Waals surface area contributed by atoms with E-state index in [1.165, 1.54) is 0 Å². The Morgan fingerprint density at radius 3 is 2.52 bits per heavy atom. The van der Waals surface area contributed by atoms with Crippen molar-refractivity contribution in [2.75, 3.05) is 36.8 Å². The molecule has 0 aliphatic carbocycles. The second kappa shape index (κ2) is 10.4. The fourth-order valence-electron chi connectivity index (χ4n) is 3.87. The van der Waals surface area contributed by atoms with E-state index in [-0.39, 0.29) is 12.2 Å². The molecule has 0 N–H and O–H groups in total. The highest BCUT2D eigenvalue weighted by Gasteiger charge is 2.28. The molecular weight excluding hydrogens is 434 g/mol. The predicted octanol–water partition coefficient (Wildman–Crippen LogP) is 3.21. The van der Waals surface area contributed by atoms with Crippen LogP contribution in [0.25, 0.3) is 0 Å². The van der Waals surface area contributed by atoms with E-state index in [0.717, 1.165) is 22.6 Å². The van der Waals surface area contributed by atoms with E-state index in [9.17, 15) is 8.42 Å². The van der Waals surface area contributed by atoms with Crippen LogP contribution in [0.5, 0.6) is 0 Å². The van der Waals surface area contributed by atoms with E-state index in [1.807, 2.05) is 38.1 Å². The van der Waals surface area contributed by atoms with Gasteiger partial charge in [0.2, 0.25) is 10.0 Å². The molecule has 0 bridgehead atoms. The van der Waals surface area contributed by atoms with Gasteiger partial charge in [0.05, 0.1) is 18.2 Å². The number of anilines is 1. The molecule has 0 radical (unpaired) electrons. The fraction of sp³-hybridized carbons (Fsp3) is 0.500. The molecule has 0 spiro atoms. The van der Waals surface area contributed by atoms with Crippen LogP contribution in [0.2, 0.25) is 5.02 Å². The summed E-state index contributed by atoms with van der Waals surface area (Å²) in [4.78, 5) is 11.5. The first-order valence-electron chi connectivity index (χ1n) is 10.6. The summed E-state index contributed by atoms with van der Waals surface area (Å²) in [5.74, 6) is 1.47. The Morgan fingerprint density at radius 2 is 1.90 bits per heavy atom. The van der Waals surface area contributed by atoms with Gasteiger partial charge in [-0.2, -0.15) is 9.57 Å². The lowest BCUT2D eigenvalue weighted by molar-refractivity contribution is 0.383. The van der Waals surface area contributed by atoms with Gasteiger partial charge in [-0.3, -0.25) is 0 Å². The Bertz CT molecular complexity index is 1060. The highest BCUT2D eigenvalue weighted by molar-refractivity contribution is 7.89. The fourth-order valence-corrected chi connectivity index (χ4v) is 5.57. The third-order valence-electron chi connectivity index (χ3n) is 5.35. The molecular formula is C22H28ClN5O2S. The minimum absolute atomic E-state index is 0.141. The molecule has 1 saturated heterocycles. The molecule has 0 saturated carbocycles. The van der Waals surface area contributed by atoms with Crippen LogP contribution in [-0.4, -0.2) is 54.6 Å². The standard InChI is InChI=1S/C22H28ClN5O2S/c1-3-14-31(29,30)28-12-10-27(11-13-28)22-19(16-17-6-5-7-18(23)15-17)20(4-2)25-21(26-22)8-9-24/h5-7,15H,3-4,8,10-14,16H2,1-2H3.